The van der Waals surface area contributed by atoms with Crippen LogP contribution < -0.4 is 14.8 Å². The van der Waals surface area contributed by atoms with E-state index in [-0.39, 0.29) is 17.3 Å². The van der Waals surface area contributed by atoms with Crippen molar-refractivity contribution in [2.75, 3.05) is 20.7 Å². The molecule has 39 heavy (non-hydrogen) atoms. The minimum absolute atomic E-state index is 0.0457. The summed E-state index contributed by atoms with van der Waals surface area (Å²) in [6.45, 7) is 6.35. The number of carbonyl (C=O) groups is 3. The first-order valence-electron chi connectivity index (χ1n) is 13.5. The van der Waals surface area contributed by atoms with E-state index in [9.17, 15) is 29.7 Å². The number of amides is 1. The van der Waals surface area contributed by atoms with Crippen molar-refractivity contribution >= 4 is 17.8 Å². The molecule has 2 aliphatic heterocycles. The van der Waals surface area contributed by atoms with E-state index in [4.69, 9.17) is 14.2 Å². The molecule has 0 aromatic heterocycles. The molecule has 1 saturated heterocycles. The molecule has 2 heterocycles. The summed E-state index contributed by atoms with van der Waals surface area (Å²) in [5.41, 5.74) is 2.24. The molecular weight excluding hydrogens is 508 g/mol. The molecule has 5 rings (SSSR count). The van der Waals surface area contributed by atoms with Gasteiger partial charge in [-0.05, 0) is 55.2 Å². The molecule has 214 valence electrons. The van der Waals surface area contributed by atoms with Crippen LogP contribution in [0.3, 0.4) is 0 Å². The Morgan fingerprint density at radius 1 is 1.21 bits per heavy atom. The van der Waals surface area contributed by atoms with E-state index in [1.54, 1.807) is 21.0 Å². The van der Waals surface area contributed by atoms with E-state index >= 15 is 0 Å². The fraction of sp³-hybridized carbons (Fsp3) is 0.679. The lowest BCUT2D eigenvalue weighted by atomic mass is 9.62. The van der Waals surface area contributed by atoms with Gasteiger partial charge in [-0.15, -0.1) is 0 Å². The smallest absolute Gasteiger partial charge is 0.338 e. The molecule has 1 aromatic rings. The summed E-state index contributed by atoms with van der Waals surface area (Å²) in [6.07, 6.45) is -3.48. The number of aliphatic hydroxyl groups excluding tert-OH is 2. The summed E-state index contributed by atoms with van der Waals surface area (Å²) in [5, 5.41) is 32.4. The highest BCUT2D eigenvalue weighted by Crippen LogP contribution is 2.63. The number of aliphatic hydroxyl groups is 2. The van der Waals surface area contributed by atoms with Crippen LogP contribution in [-0.4, -0.2) is 95.3 Å². The number of nitrogens with zero attached hydrogens (tertiary/aromatic N) is 1. The number of likely N-dealkylation sites (tertiary alicyclic amines) is 1. The number of carboxylic acids is 1. The number of ether oxygens (including phenoxy) is 3. The first-order valence-corrected chi connectivity index (χ1v) is 13.5. The van der Waals surface area contributed by atoms with Crippen molar-refractivity contribution in [1.82, 2.24) is 10.2 Å². The number of benzene rings is 1. The number of carbonyl (C=O) groups excluding carboxylic acids is 2. The molecule has 1 aromatic carbocycles. The minimum Gasteiger partial charge on any atom is -0.493 e. The predicted molar refractivity (Wildman–Crippen MR) is 137 cm³/mol. The molecule has 0 bridgehead atoms. The molecular formula is C28H38N2O9. The van der Waals surface area contributed by atoms with Crippen LogP contribution in [0.2, 0.25) is 0 Å². The van der Waals surface area contributed by atoms with E-state index in [1.807, 2.05) is 6.07 Å². The van der Waals surface area contributed by atoms with Gasteiger partial charge in [0.25, 0.3) is 5.91 Å². The molecule has 0 spiro atoms. The Balaban J connectivity index is 1.39. The Morgan fingerprint density at radius 3 is 2.56 bits per heavy atom. The average Bonchev–Trinajstić information content (AvgIpc) is 3.36. The molecule has 9 atom stereocenters. The highest BCUT2D eigenvalue weighted by Gasteiger charge is 2.62. The van der Waals surface area contributed by atoms with Crippen molar-refractivity contribution < 1.29 is 43.9 Å². The molecule has 11 heteroatoms. The van der Waals surface area contributed by atoms with Gasteiger partial charge in [-0.2, -0.15) is 0 Å². The third kappa shape index (κ3) is 4.44. The number of esters is 1. The topological polar surface area (TPSA) is 155 Å². The van der Waals surface area contributed by atoms with Crippen molar-refractivity contribution in [3.63, 3.8) is 0 Å². The van der Waals surface area contributed by atoms with Crippen LogP contribution >= 0.6 is 0 Å². The number of hydrogen-bond donors (Lipinski definition) is 4. The van der Waals surface area contributed by atoms with Crippen LogP contribution in [0.15, 0.2) is 12.1 Å². The largest absolute Gasteiger partial charge is 0.493 e. The molecule has 4 N–H and O–H groups in total. The summed E-state index contributed by atoms with van der Waals surface area (Å²) in [5.74, 6) is -2.59. The van der Waals surface area contributed by atoms with Crippen molar-refractivity contribution in [3.8, 4) is 11.5 Å². The Labute approximate surface area is 227 Å². The maximum absolute atomic E-state index is 13.0. The molecule has 2 fully saturated rings. The zero-order valence-corrected chi connectivity index (χ0v) is 22.9. The van der Waals surface area contributed by atoms with Gasteiger partial charge < -0.3 is 39.7 Å². The predicted octanol–water partition coefficient (Wildman–Crippen LogP) is 0.685. The number of nitrogens with one attached hydrogen (secondary N) is 1. The van der Waals surface area contributed by atoms with Crippen molar-refractivity contribution in [3.05, 3.63) is 23.3 Å². The Bertz CT molecular complexity index is 1170. The van der Waals surface area contributed by atoms with Crippen LogP contribution in [0.5, 0.6) is 11.5 Å². The monoisotopic (exact) mass is 546 g/mol. The normalized spacial score (nSPS) is 32.9. The average molecular weight is 547 g/mol. The van der Waals surface area contributed by atoms with Gasteiger partial charge in [0.1, 0.15) is 18.2 Å². The summed E-state index contributed by atoms with van der Waals surface area (Å²) >= 11 is 0. The highest BCUT2D eigenvalue weighted by atomic mass is 16.6. The van der Waals surface area contributed by atoms with Crippen molar-refractivity contribution in [1.29, 1.82) is 0 Å². The first kappa shape index (κ1) is 27.7. The molecule has 8 unspecified atom stereocenters. The van der Waals surface area contributed by atoms with Crippen LogP contribution in [0, 0.1) is 17.3 Å². The van der Waals surface area contributed by atoms with Crippen LogP contribution in [0.4, 0.5) is 0 Å². The third-order valence-electron chi connectivity index (χ3n) is 9.30. The van der Waals surface area contributed by atoms with Crippen LogP contribution in [-0.2, 0) is 25.5 Å². The third-order valence-corrected chi connectivity index (χ3v) is 9.30. The Kier molecular flexibility index (Phi) is 7.05. The fourth-order valence-electron chi connectivity index (χ4n) is 7.47. The Hall–Kier alpha value is -2.89. The summed E-state index contributed by atoms with van der Waals surface area (Å²) in [7, 11) is 3.74. The zero-order valence-electron chi connectivity index (χ0n) is 22.9. The van der Waals surface area contributed by atoms with E-state index in [0.29, 0.717) is 24.0 Å². The summed E-state index contributed by atoms with van der Waals surface area (Å²) in [6, 6.07) is 3.00. The number of carboxylic acid groups (broad SMARTS) is 1. The number of methoxy groups -OCH3 is 1. The van der Waals surface area contributed by atoms with E-state index in [0.717, 1.165) is 24.9 Å². The van der Waals surface area contributed by atoms with Gasteiger partial charge in [0.05, 0.1) is 7.11 Å². The lowest BCUT2D eigenvalue weighted by Crippen LogP contribution is -2.53. The van der Waals surface area contributed by atoms with Gasteiger partial charge in [0.2, 0.25) is 0 Å². The van der Waals surface area contributed by atoms with Gasteiger partial charge in [0, 0.05) is 24.1 Å². The maximum atomic E-state index is 13.0. The summed E-state index contributed by atoms with van der Waals surface area (Å²) in [4.78, 5) is 39.4. The zero-order chi connectivity index (χ0) is 28.4. The van der Waals surface area contributed by atoms with Crippen molar-refractivity contribution in [2.45, 2.75) is 82.5 Å². The second kappa shape index (κ2) is 9.94. The van der Waals surface area contributed by atoms with Crippen LogP contribution in [0.1, 0.15) is 50.7 Å². The number of aliphatic carboxylic acids is 1. The van der Waals surface area contributed by atoms with E-state index in [1.165, 1.54) is 5.56 Å². The second-order valence-corrected chi connectivity index (χ2v) is 12.1. The SMILES string of the molecule is COc1ccc2c3c1OC1C(OC(=O)C(O)C(O)C(=O)NC(C(=O)O)C(C)C)CCC4(C)CN(C)[C@H](C2)C4C31. The highest BCUT2D eigenvalue weighted by molar-refractivity contribution is 5.91. The molecule has 4 aliphatic rings. The molecule has 11 nitrogen and oxygen atoms in total. The number of hydrogen-bond acceptors (Lipinski definition) is 9. The van der Waals surface area contributed by atoms with Gasteiger partial charge in [0.15, 0.2) is 23.7 Å². The fourth-order valence-corrected chi connectivity index (χ4v) is 7.47. The number of rotatable bonds is 8. The minimum atomic E-state index is -2.19. The van der Waals surface area contributed by atoms with Crippen LogP contribution in [0.25, 0.3) is 0 Å². The molecule has 1 saturated carbocycles. The lowest BCUT2D eigenvalue weighted by Gasteiger charge is -2.41. The molecule has 1 amide bonds. The van der Waals surface area contributed by atoms with Crippen molar-refractivity contribution in [2.24, 2.45) is 17.3 Å². The quantitative estimate of drug-likeness (QED) is 0.342. The van der Waals surface area contributed by atoms with E-state index in [2.05, 4.69) is 30.3 Å². The van der Waals surface area contributed by atoms with Gasteiger partial charge in [-0.25, -0.2) is 9.59 Å². The number of likely N-dealkylation sites (N-methyl/N-ethyl adjacent to an activating group) is 1. The lowest BCUT2D eigenvalue weighted by molar-refractivity contribution is -0.173. The summed E-state index contributed by atoms with van der Waals surface area (Å²) < 4.78 is 17.9. The van der Waals surface area contributed by atoms with Gasteiger partial charge in [-0.1, -0.05) is 26.8 Å². The van der Waals surface area contributed by atoms with E-state index < -0.39 is 54.2 Å². The Morgan fingerprint density at radius 2 is 1.92 bits per heavy atom. The van der Waals surface area contributed by atoms with Gasteiger partial charge >= 0.3 is 11.9 Å². The maximum Gasteiger partial charge on any atom is 0.338 e. The standard InChI is InChI=1S/C28H38N2O9/c1-12(2)20(26(34)35)29-25(33)21(31)22(32)27(36)38-16-8-9-28(3)11-30(4)14-10-13-6-7-15(37-5)23-17(13)18(19(14)28)24(16)39-23/h6-7,12,14,16,18-22,24,31-32H,8-11H2,1-5H3,(H,29,33)(H,34,35)/t14-,16?,18?,19?,20?,21?,22?,24?,28?/m1/s1. The first-order chi connectivity index (χ1) is 18.4. The second-order valence-electron chi connectivity index (χ2n) is 12.1. The van der Waals surface area contributed by atoms with Gasteiger partial charge in [-0.3, -0.25) is 4.79 Å². The molecule has 2 aliphatic carbocycles. The molecule has 0 radical (unpaired) electrons.